The van der Waals surface area contributed by atoms with E-state index in [1.807, 2.05) is 0 Å². The second-order valence-electron chi connectivity index (χ2n) is 4.57. The highest BCUT2D eigenvalue weighted by atomic mass is 127. The van der Waals surface area contributed by atoms with Crippen LogP contribution in [-0.4, -0.2) is 24.9 Å². The van der Waals surface area contributed by atoms with Crippen LogP contribution < -0.4 is 10.3 Å². The third kappa shape index (κ3) is 4.25. The maximum atomic E-state index is 14.3. The Bertz CT molecular complexity index is 749. The maximum Gasteiger partial charge on any atom is 0.264 e. The average Bonchev–Trinajstić information content (AvgIpc) is 2.50. The molecule has 0 bridgehead atoms. The van der Waals surface area contributed by atoms with Crippen molar-refractivity contribution in [3.05, 3.63) is 50.1 Å². The van der Waals surface area contributed by atoms with Gasteiger partial charge in [0.2, 0.25) is 0 Å². The fraction of sp³-hybridized carbons (Fsp3) is 0.267. The lowest BCUT2D eigenvalue weighted by Gasteiger charge is -2.14. The Morgan fingerprint density at radius 3 is 2.61 bits per heavy atom. The standard InChI is InChI=1S/C15H13F3INO3/c1-22-8-23-9-2-3-10(11(16)6-9)13-5-4-12(19)15(21)20(13)7-14(17)18/h2-6,14H,7-8H2,1H3. The van der Waals surface area contributed by atoms with Gasteiger partial charge >= 0.3 is 0 Å². The molecule has 23 heavy (non-hydrogen) atoms. The molecule has 2 aromatic rings. The molecule has 0 saturated heterocycles. The molecule has 2 rings (SSSR count). The van der Waals surface area contributed by atoms with Gasteiger partial charge in [-0.2, -0.15) is 0 Å². The molecule has 0 saturated carbocycles. The molecule has 0 atom stereocenters. The molecule has 1 heterocycles. The zero-order chi connectivity index (χ0) is 17.0. The fourth-order valence-electron chi connectivity index (χ4n) is 2.03. The van der Waals surface area contributed by atoms with Gasteiger partial charge in [0, 0.05) is 18.7 Å². The predicted octanol–water partition coefficient (Wildman–Crippen LogP) is 3.51. The summed E-state index contributed by atoms with van der Waals surface area (Å²) in [5, 5.41) is 0. The average molecular weight is 439 g/mol. The lowest BCUT2D eigenvalue weighted by atomic mass is 10.1. The summed E-state index contributed by atoms with van der Waals surface area (Å²) in [6.07, 6.45) is -2.72. The van der Waals surface area contributed by atoms with Gasteiger partial charge in [-0.15, -0.1) is 0 Å². The molecule has 0 amide bonds. The van der Waals surface area contributed by atoms with Crippen LogP contribution in [0.5, 0.6) is 5.75 Å². The van der Waals surface area contributed by atoms with E-state index in [2.05, 4.69) is 0 Å². The second kappa shape index (κ2) is 7.82. The molecule has 0 unspecified atom stereocenters. The molecule has 0 N–H and O–H groups in total. The maximum absolute atomic E-state index is 14.3. The summed E-state index contributed by atoms with van der Waals surface area (Å²) in [4.78, 5) is 12.1. The Morgan fingerprint density at radius 1 is 1.26 bits per heavy atom. The van der Waals surface area contributed by atoms with Crippen LogP contribution in [0.4, 0.5) is 13.2 Å². The summed E-state index contributed by atoms with van der Waals surface area (Å²) < 4.78 is 50.8. The topological polar surface area (TPSA) is 40.5 Å². The van der Waals surface area contributed by atoms with Gasteiger partial charge in [0.1, 0.15) is 11.6 Å². The molecule has 0 radical (unpaired) electrons. The van der Waals surface area contributed by atoms with Crippen molar-refractivity contribution < 1.29 is 22.6 Å². The summed E-state index contributed by atoms with van der Waals surface area (Å²) in [5.41, 5.74) is -0.446. The molecule has 4 nitrogen and oxygen atoms in total. The van der Waals surface area contributed by atoms with Crippen molar-refractivity contribution in [3.8, 4) is 17.0 Å². The highest BCUT2D eigenvalue weighted by Gasteiger charge is 2.16. The van der Waals surface area contributed by atoms with E-state index in [1.54, 1.807) is 22.6 Å². The van der Waals surface area contributed by atoms with E-state index < -0.39 is 24.3 Å². The number of hydrogen-bond acceptors (Lipinski definition) is 3. The Balaban J connectivity index is 2.49. The number of nitrogens with zero attached hydrogens (tertiary/aromatic N) is 1. The fourth-order valence-corrected chi connectivity index (χ4v) is 2.50. The largest absolute Gasteiger partial charge is 0.467 e. The molecule has 0 spiro atoms. The van der Waals surface area contributed by atoms with Gasteiger partial charge in [-0.3, -0.25) is 4.79 Å². The van der Waals surface area contributed by atoms with Crippen molar-refractivity contribution in [1.29, 1.82) is 0 Å². The van der Waals surface area contributed by atoms with Crippen LogP contribution in [0.2, 0.25) is 0 Å². The van der Waals surface area contributed by atoms with Crippen LogP contribution in [0.15, 0.2) is 35.1 Å². The number of ether oxygens (including phenoxy) is 2. The summed E-state index contributed by atoms with van der Waals surface area (Å²) in [7, 11) is 1.43. The number of benzene rings is 1. The first-order chi connectivity index (χ1) is 10.9. The Labute approximate surface area is 144 Å². The highest BCUT2D eigenvalue weighted by molar-refractivity contribution is 14.1. The van der Waals surface area contributed by atoms with Gasteiger partial charge in [-0.25, -0.2) is 13.2 Å². The summed E-state index contributed by atoms with van der Waals surface area (Å²) in [6, 6.07) is 6.88. The van der Waals surface area contributed by atoms with Crippen LogP contribution in [-0.2, 0) is 11.3 Å². The number of pyridine rings is 1. The number of halogens is 4. The van der Waals surface area contributed by atoms with E-state index in [1.165, 1.54) is 31.4 Å². The van der Waals surface area contributed by atoms with Gasteiger partial charge in [-0.05, 0) is 46.9 Å². The highest BCUT2D eigenvalue weighted by Crippen LogP contribution is 2.26. The van der Waals surface area contributed by atoms with Crippen molar-refractivity contribution in [1.82, 2.24) is 4.57 Å². The van der Waals surface area contributed by atoms with Gasteiger partial charge in [0.25, 0.3) is 12.0 Å². The normalized spacial score (nSPS) is 11.0. The zero-order valence-corrected chi connectivity index (χ0v) is 14.2. The van der Waals surface area contributed by atoms with Gasteiger partial charge in [0.15, 0.2) is 6.79 Å². The molecule has 1 aromatic heterocycles. The summed E-state index contributed by atoms with van der Waals surface area (Å²) in [5.74, 6) is -0.441. The molecule has 0 aliphatic carbocycles. The molecule has 0 aliphatic rings. The van der Waals surface area contributed by atoms with E-state index in [0.29, 0.717) is 0 Å². The Morgan fingerprint density at radius 2 is 2.00 bits per heavy atom. The first-order valence-corrected chi connectivity index (χ1v) is 7.61. The third-order valence-corrected chi connectivity index (χ3v) is 3.83. The minimum absolute atomic E-state index is 0.0432. The molecular formula is C15H13F3INO3. The first-order valence-electron chi connectivity index (χ1n) is 6.53. The van der Waals surface area contributed by atoms with Crippen molar-refractivity contribution >= 4 is 22.6 Å². The van der Waals surface area contributed by atoms with Crippen LogP contribution in [0.3, 0.4) is 0 Å². The molecule has 1 aromatic carbocycles. The minimum Gasteiger partial charge on any atom is -0.467 e. The molecular weight excluding hydrogens is 426 g/mol. The van der Waals surface area contributed by atoms with E-state index >= 15 is 0 Å². The van der Waals surface area contributed by atoms with Crippen LogP contribution >= 0.6 is 22.6 Å². The number of aromatic nitrogens is 1. The summed E-state index contributed by atoms with van der Waals surface area (Å²) in [6.45, 7) is -0.842. The lowest BCUT2D eigenvalue weighted by molar-refractivity contribution is 0.0509. The second-order valence-corrected chi connectivity index (χ2v) is 5.73. The SMILES string of the molecule is COCOc1ccc(-c2ccc(I)c(=O)n2CC(F)F)c(F)c1. The first kappa shape index (κ1) is 17.8. The molecule has 0 aliphatic heterocycles. The smallest absolute Gasteiger partial charge is 0.264 e. The Kier molecular flexibility index (Phi) is 6.05. The molecule has 8 heteroatoms. The third-order valence-electron chi connectivity index (χ3n) is 3.01. The van der Waals surface area contributed by atoms with E-state index in [9.17, 15) is 18.0 Å². The van der Waals surface area contributed by atoms with Crippen molar-refractivity contribution in [2.45, 2.75) is 13.0 Å². The van der Waals surface area contributed by atoms with Crippen LogP contribution in [0.25, 0.3) is 11.3 Å². The van der Waals surface area contributed by atoms with Crippen molar-refractivity contribution in [2.24, 2.45) is 0 Å². The monoisotopic (exact) mass is 439 g/mol. The number of hydrogen-bond donors (Lipinski definition) is 0. The minimum atomic E-state index is -2.72. The van der Waals surface area contributed by atoms with Crippen LogP contribution in [0.1, 0.15) is 0 Å². The van der Waals surface area contributed by atoms with Crippen molar-refractivity contribution in [3.63, 3.8) is 0 Å². The lowest BCUT2D eigenvalue weighted by Crippen LogP contribution is -2.26. The van der Waals surface area contributed by atoms with Gasteiger partial charge in [0.05, 0.1) is 15.8 Å². The number of methoxy groups -OCH3 is 1. The van der Waals surface area contributed by atoms with Crippen LogP contribution in [0, 0.1) is 9.39 Å². The summed E-state index contributed by atoms with van der Waals surface area (Å²) >= 11 is 1.76. The Hall–Kier alpha value is -1.55. The molecule has 124 valence electrons. The zero-order valence-electron chi connectivity index (χ0n) is 12.1. The predicted molar refractivity (Wildman–Crippen MR) is 87.3 cm³/mol. The van der Waals surface area contributed by atoms with E-state index in [-0.39, 0.29) is 27.4 Å². The molecule has 0 fully saturated rings. The number of alkyl halides is 2. The van der Waals surface area contributed by atoms with E-state index in [4.69, 9.17) is 9.47 Å². The van der Waals surface area contributed by atoms with E-state index in [0.717, 1.165) is 10.6 Å². The van der Waals surface area contributed by atoms with Gasteiger partial charge in [-0.1, -0.05) is 0 Å². The number of rotatable bonds is 6. The quantitative estimate of drug-likeness (QED) is 0.511. The van der Waals surface area contributed by atoms with Gasteiger partial charge < -0.3 is 14.0 Å². The van der Waals surface area contributed by atoms with Crippen molar-refractivity contribution in [2.75, 3.05) is 13.9 Å².